The van der Waals surface area contributed by atoms with Gasteiger partial charge in [0.05, 0.1) is 5.56 Å². The summed E-state index contributed by atoms with van der Waals surface area (Å²) in [5, 5.41) is 0. The second kappa shape index (κ2) is 4.42. The van der Waals surface area contributed by atoms with Crippen LogP contribution < -0.4 is 4.74 Å². The molecule has 2 nitrogen and oxygen atoms in total. The van der Waals surface area contributed by atoms with Crippen LogP contribution in [0.5, 0.6) is 5.75 Å². The molecule has 0 atom stereocenters. The van der Waals surface area contributed by atoms with Gasteiger partial charge in [0.1, 0.15) is 5.75 Å². The van der Waals surface area contributed by atoms with E-state index in [4.69, 9.17) is 4.74 Å². The zero-order valence-corrected chi connectivity index (χ0v) is 11.0. The molecule has 0 unspecified atom stereocenters. The van der Waals surface area contributed by atoms with Crippen LogP contribution in [0, 0.1) is 0 Å². The third kappa shape index (κ3) is 1.97. The Morgan fingerprint density at radius 2 is 1.89 bits per heavy atom. The zero-order chi connectivity index (χ0) is 12.5. The lowest BCUT2D eigenvalue weighted by Crippen LogP contribution is -1.97. The van der Waals surface area contributed by atoms with Crippen LogP contribution in [0.2, 0.25) is 0 Å². The van der Waals surface area contributed by atoms with Crippen molar-refractivity contribution in [3.63, 3.8) is 0 Å². The predicted octanol–water partition coefficient (Wildman–Crippen LogP) is 4.07. The Hall–Kier alpha value is -1.87. The quantitative estimate of drug-likeness (QED) is 0.742. The summed E-state index contributed by atoms with van der Waals surface area (Å²) in [7, 11) is 0. The lowest BCUT2D eigenvalue weighted by Gasteiger charge is -1.98. The molecule has 18 heavy (non-hydrogen) atoms. The van der Waals surface area contributed by atoms with Crippen LogP contribution in [0.3, 0.4) is 0 Å². The number of para-hydroxylation sites is 1. The van der Waals surface area contributed by atoms with Crippen molar-refractivity contribution in [2.75, 3.05) is 0 Å². The van der Waals surface area contributed by atoms with Crippen molar-refractivity contribution in [2.24, 2.45) is 0 Å². The third-order valence-corrected chi connectivity index (χ3v) is 3.22. The molecular weight excluding hydrogens is 292 g/mol. The molecule has 0 radical (unpaired) electrons. The van der Waals surface area contributed by atoms with Gasteiger partial charge >= 0.3 is 0 Å². The van der Waals surface area contributed by atoms with Gasteiger partial charge in [-0.15, -0.1) is 0 Å². The largest absolute Gasteiger partial charge is 0.452 e. The van der Waals surface area contributed by atoms with Gasteiger partial charge in [-0.1, -0.05) is 40.2 Å². The molecule has 1 aliphatic rings. The fraction of sp³-hybridized carbons (Fsp3) is 0. The summed E-state index contributed by atoms with van der Waals surface area (Å²) in [4.78, 5) is 12.1. The highest BCUT2D eigenvalue weighted by Crippen LogP contribution is 2.31. The van der Waals surface area contributed by atoms with E-state index in [-0.39, 0.29) is 5.78 Å². The van der Waals surface area contributed by atoms with Crippen molar-refractivity contribution in [2.45, 2.75) is 0 Å². The second-order valence-corrected chi connectivity index (χ2v) is 4.91. The maximum Gasteiger partial charge on any atom is 0.231 e. The number of ketones is 1. The Labute approximate surface area is 113 Å². The number of benzene rings is 2. The van der Waals surface area contributed by atoms with Gasteiger partial charge < -0.3 is 4.74 Å². The summed E-state index contributed by atoms with van der Waals surface area (Å²) in [6, 6.07) is 15.0. The Balaban J connectivity index is 1.99. The molecule has 0 bridgehead atoms. The van der Waals surface area contributed by atoms with Crippen molar-refractivity contribution in [1.82, 2.24) is 0 Å². The van der Waals surface area contributed by atoms with Crippen molar-refractivity contribution in [1.29, 1.82) is 0 Å². The lowest BCUT2D eigenvalue weighted by atomic mass is 10.1. The molecular formula is C15H9BrO2. The van der Waals surface area contributed by atoms with Crippen molar-refractivity contribution >= 4 is 27.8 Å². The van der Waals surface area contributed by atoms with Gasteiger partial charge in [-0.2, -0.15) is 0 Å². The Kier molecular flexibility index (Phi) is 2.76. The fourth-order valence-electron chi connectivity index (χ4n) is 1.88. The van der Waals surface area contributed by atoms with Gasteiger partial charge in [0.25, 0.3) is 0 Å². The predicted molar refractivity (Wildman–Crippen MR) is 73.5 cm³/mol. The van der Waals surface area contributed by atoms with Crippen LogP contribution in [0.25, 0.3) is 6.08 Å². The number of hydrogen-bond donors (Lipinski definition) is 0. The summed E-state index contributed by atoms with van der Waals surface area (Å²) >= 11 is 3.40. The molecule has 3 heteroatoms. The molecule has 0 fully saturated rings. The number of carbonyl (C=O) groups is 1. The molecule has 88 valence electrons. The first kappa shape index (κ1) is 11.2. The average Bonchev–Trinajstić information content (AvgIpc) is 2.67. The highest BCUT2D eigenvalue weighted by atomic mass is 79.9. The Bertz CT molecular complexity index is 659. The van der Waals surface area contributed by atoms with E-state index < -0.39 is 0 Å². The number of carbonyl (C=O) groups excluding carboxylic acids is 1. The molecule has 1 heterocycles. The minimum Gasteiger partial charge on any atom is -0.452 e. The zero-order valence-electron chi connectivity index (χ0n) is 9.39. The number of allylic oxidation sites excluding steroid dienone is 1. The van der Waals surface area contributed by atoms with Crippen molar-refractivity contribution in [3.05, 3.63) is 69.9 Å². The van der Waals surface area contributed by atoms with Gasteiger partial charge in [0, 0.05) is 4.47 Å². The minimum atomic E-state index is -0.0643. The molecule has 2 aromatic rings. The molecule has 3 rings (SSSR count). The lowest BCUT2D eigenvalue weighted by molar-refractivity contribution is 0.101. The Morgan fingerprint density at radius 1 is 1.06 bits per heavy atom. The van der Waals surface area contributed by atoms with E-state index in [2.05, 4.69) is 15.9 Å². The van der Waals surface area contributed by atoms with E-state index in [0.29, 0.717) is 17.1 Å². The standard InChI is InChI=1S/C15H9BrO2/c16-11-5-3-4-10(8-11)9-14-15(17)12-6-1-2-7-13(12)18-14/h1-9H/b14-9-. The number of fused-ring (bicyclic) bond motifs is 1. The third-order valence-electron chi connectivity index (χ3n) is 2.72. The highest BCUT2D eigenvalue weighted by molar-refractivity contribution is 9.10. The first-order chi connectivity index (χ1) is 8.74. The molecule has 1 aliphatic heterocycles. The van der Waals surface area contributed by atoms with E-state index in [1.807, 2.05) is 36.4 Å². The summed E-state index contributed by atoms with van der Waals surface area (Å²) in [6.45, 7) is 0. The number of rotatable bonds is 1. The highest BCUT2D eigenvalue weighted by Gasteiger charge is 2.26. The smallest absolute Gasteiger partial charge is 0.231 e. The molecule has 0 amide bonds. The van der Waals surface area contributed by atoms with Crippen molar-refractivity contribution in [3.8, 4) is 5.75 Å². The topological polar surface area (TPSA) is 26.3 Å². The van der Waals surface area contributed by atoms with Crippen LogP contribution in [0.4, 0.5) is 0 Å². The van der Waals surface area contributed by atoms with Crippen molar-refractivity contribution < 1.29 is 9.53 Å². The van der Waals surface area contributed by atoms with Gasteiger partial charge in [0.2, 0.25) is 5.78 Å². The minimum absolute atomic E-state index is 0.0643. The summed E-state index contributed by atoms with van der Waals surface area (Å²) in [6.07, 6.45) is 1.76. The molecule has 0 aromatic heterocycles. The maximum atomic E-state index is 12.1. The van der Waals surface area contributed by atoms with Gasteiger partial charge in [-0.3, -0.25) is 4.79 Å². The maximum absolute atomic E-state index is 12.1. The first-order valence-corrected chi connectivity index (χ1v) is 6.32. The molecule has 0 saturated heterocycles. The van der Waals surface area contributed by atoms with E-state index in [9.17, 15) is 4.79 Å². The van der Waals surface area contributed by atoms with Crippen LogP contribution >= 0.6 is 15.9 Å². The SMILES string of the molecule is O=C1/C(=C/c2cccc(Br)c2)Oc2ccccc21. The second-order valence-electron chi connectivity index (χ2n) is 3.99. The van der Waals surface area contributed by atoms with Crippen LogP contribution in [-0.4, -0.2) is 5.78 Å². The number of hydrogen-bond acceptors (Lipinski definition) is 2. The average molecular weight is 301 g/mol. The van der Waals surface area contributed by atoms with E-state index in [1.165, 1.54) is 0 Å². The number of Topliss-reactive ketones (excluding diaryl/α,β-unsaturated/α-hetero) is 1. The van der Waals surface area contributed by atoms with E-state index >= 15 is 0 Å². The van der Waals surface area contributed by atoms with Gasteiger partial charge in [-0.05, 0) is 35.9 Å². The Morgan fingerprint density at radius 3 is 2.67 bits per heavy atom. The molecule has 0 N–H and O–H groups in total. The van der Waals surface area contributed by atoms with Gasteiger partial charge in [-0.25, -0.2) is 0 Å². The number of halogens is 1. The van der Waals surface area contributed by atoms with Crippen LogP contribution in [0.15, 0.2) is 58.8 Å². The normalized spacial score (nSPS) is 15.6. The summed E-state index contributed by atoms with van der Waals surface area (Å²) < 4.78 is 6.53. The van der Waals surface area contributed by atoms with Crippen LogP contribution in [-0.2, 0) is 0 Å². The molecule has 0 spiro atoms. The molecule has 2 aromatic carbocycles. The molecule has 0 aliphatic carbocycles. The van der Waals surface area contributed by atoms with Crippen LogP contribution in [0.1, 0.15) is 15.9 Å². The first-order valence-electron chi connectivity index (χ1n) is 5.53. The van der Waals surface area contributed by atoms with Gasteiger partial charge in [0.15, 0.2) is 5.76 Å². The summed E-state index contributed by atoms with van der Waals surface area (Å²) in [5.41, 5.74) is 1.55. The van der Waals surface area contributed by atoms with E-state index in [1.54, 1.807) is 18.2 Å². The van der Waals surface area contributed by atoms with E-state index in [0.717, 1.165) is 10.0 Å². The monoisotopic (exact) mass is 300 g/mol. The molecule has 0 saturated carbocycles. The fourth-order valence-corrected chi connectivity index (χ4v) is 2.30. The summed E-state index contributed by atoms with van der Waals surface area (Å²) in [5.74, 6) is 0.934. The number of ether oxygens (including phenoxy) is 1.